The van der Waals surface area contributed by atoms with Gasteiger partial charge in [0, 0.05) is 6.61 Å². The Hall–Kier alpha value is -0.240. The lowest BCUT2D eigenvalue weighted by molar-refractivity contribution is -0.301. The molecule has 0 aliphatic carbocycles. The Labute approximate surface area is 94.4 Å². The molecule has 1 aliphatic rings. The molecule has 5 atom stereocenters. The number of hydrogen-bond donors (Lipinski definition) is 4. The Morgan fingerprint density at radius 1 is 1.12 bits per heavy atom. The minimum Gasteiger partial charge on any atom is -0.394 e. The average Bonchev–Trinajstić information content (AvgIpc) is 2.29. The molecule has 0 unspecified atom stereocenters. The van der Waals surface area contributed by atoms with Crippen molar-refractivity contribution in [3.63, 3.8) is 0 Å². The van der Waals surface area contributed by atoms with Crippen LogP contribution in [0.15, 0.2) is 0 Å². The van der Waals surface area contributed by atoms with Crippen LogP contribution in [0.25, 0.3) is 0 Å². The van der Waals surface area contributed by atoms with E-state index in [0.717, 1.165) is 12.8 Å². The number of aliphatic hydroxyl groups is 4. The molecule has 1 fully saturated rings. The normalized spacial score (nSPS) is 39.9. The van der Waals surface area contributed by atoms with Gasteiger partial charge in [0.1, 0.15) is 24.4 Å². The SMILES string of the molecule is CCCCO[C@@H]1O[C@@H](CO)[C@H](O)[C@@H](O)[C@@H]1O. The molecule has 16 heavy (non-hydrogen) atoms. The maximum atomic E-state index is 9.58. The molecule has 0 aromatic carbocycles. The molecule has 0 amide bonds. The second kappa shape index (κ2) is 6.48. The molecule has 0 saturated carbocycles. The Balaban J connectivity index is 2.50. The van der Waals surface area contributed by atoms with E-state index in [1.165, 1.54) is 0 Å². The minimum atomic E-state index is -1.36. The van der Waals surface area contributed by atoms with Gasteiger partial charge in [0.05, 0.1) is 6.61 Å². The molecule has 6 heteroatoms. The zero-order chi connectivity index (χ0) is 12.1. The van der Waals surface area contributed by atoms with Crippen molar-refractivity contribution in [1.29, 1.82) is 0 Å². The molecule has 96 valence electrons. The molecule has 1 saturated heterocycles. The highest BCUT2D eigenvalue weighted by Gasteiger charge is 2.43. The number of rotatable bonds is 5. The summed E-state index contributed by atoms with van der Waals surface area (Å²) in [5, 5.41) is 37.5. The maximum Gasteiger partial charge on any atom is 0.186 e. The van der Waals surface area contributed by atoms with E-state index in [2.05, 4.69) is 0 Å². The third-order valence-electron chi connectivity index (χ3n) is 2.63. The monoisotopic (exact) mass is 236 g/mol. The van der Waals surface area contributed by atoms with Crippen LogP contribution in [-0.2, 0) is 9.47 Å². The van der Waals surface area contributed by atoms with Crippen LogP contribution in [0, 0.1) is 0 Å². The molecule has 0 aromatic heterocycles. The maximum absolute atomic E-state index is 9.58. The van der Waals surface area contributed by atoms with Crippen molar-refractivity contribution in [1.82, 2.24) is 0 Å². The Kier molecular flexibility index (Phi) is 5.60. The quantitative estimate of drug-likeness (QED) is 0.438. The second-order valence-corrected chi connectivity index (χ2v) is 3.92. The Morgan fingerprint density at radius 2 is 1.81 bits per heavy atom. The highest BCUT2D eigenvalue weighted by Crippen LogP contribution is 2.21. The molecule has 1 heterocycles. The number of aliphatic hydroxyl groups excluding tert-OH is 4. The Morgan fingerprint density at radius 3 is 2.38 bits per heavy atom. The first kappa shape index (κ1) is 13.8. The molecule has 1 aliphatic heterocycles. The smallest absolute Gasteiger partial charge is 0.186 e. The van der Waals surface area contributed by atoms with Crippen LogP contribution in [0.5, 0.6) is 0 Å². The van der Waals surface area contributed by atoms with Gasteiger partial charge in [-0.25, -0.2) is 0 Å². The summed E-state index contributed by atoms with van der Waals surface area (Å²) in [4.78, 5) is 0. The molecule has 0 spiro atoms. The third-order valence-corrected chi connectivity index (χ3v) is 2.63. The van der Waals surface area contributed by atoms with Crippen LogP contribution >= 0.6 is 0 Å². The summed E-state index contributed by atoms with van der Waals surface area (Å²) < 4.78 is 10.4. The van der Waals surface area contributed by atoms with Crippen LogP contribution in [0.2, 0.25) is 0 Å². The van der Waals surface area contributed by atoms with Gasteiger partial charge in [-0.05, 0) is 6.42 Å². The lowest BCUT2D eigenvalue weighted by Gasteiger charge is -2.39. The fourth-order valence-electron chi connectivity index (χ4n) is 1.55. The van der Waals surface area contributed by atoms with Gasteiger partial charge in [-0.2, -0.15) is 0 Å². The van der Waals surface area contributed by atoms with Crippen LogP contribution in [0.1, 0.15) is 19.8 Å². The largest absolute Gasteiger partial charge is 0.394 e. The third kappa shape index (κ3) is 3.13. The number of hydrogen-bond acceptors (Lipinski definition) is 6. The molecule has 0 bridgehead atoms. The molecular formula is C10H20O6. The van der Waals surface area contributed by atoms with E-state index in [0.29, 0.717) is 6.61 Å². The average molecular weight is 236 g/mol. The van der Waals surface area contributed by atoms with Crippen LogP contribution in [-0.4, -0.2) is 64.3 Å². The van der Waals surface area contributed by atoms with E-state index in [1.54, 1.807) is 0 Å². The van der Waals surface area contributed by atoms with Gasteiger partial charge in [-0.15, -0.1) is 0 Å². The van der Waals surface area contributed by atoms with Gasteiger partial charge in [-0.1, -0.05) is 13.3 Å². The van der Waals surface area contributed by atoms with E-state index in [4.69, 9.17) is 14.6 Å². The lowest BCUT2D eigenvalue weighted by atomic mass is 9.99. The van der Waals surface area contributed by atoms with E-state index >= 15 is 0 Å². The highest BCUT2D eigenvalue weighted by molar-refractivity contribution is 4.88. The van der Waals surface area contributed by atoms with Crippen LogP contribution in [0.3, 0.4) is 0 Å². The summed E-state index contributed by atoms with van der Waals surface area (Å²) in [6.45, 7) is 1.97. The number of ether oxygens (including phenoxy) is 2. The molecule has 1 rings (SSSR count). The summed E-state index contributed by atoms with van der Waals surface area (Å²) in [5.41, 5.74) is 0. The zero-order valence-electron chi connectivity index (χ0n) is 9.32. The van der Waals surface area contributed by atoms with Gasteiger partial charge in [0.15, 0.2) is 6.29 Å². The summed E-state index contributed by atoms with van der Waals surface area (Å²) >= 11 is 0. The minimum absolute atomic E-state index is 0.402. The first-order valence-electron chi connectivity index (χ1n) is 5.54. The molecule has 0 aromatic rings. The highest BCUT2D eigenvalue weighted by atomic mass is 16.7. The van der Waals surface area contributed by atoms with Crippen molar-refractivity contribution in [3.05, 3.63) is 0 Å². The van der Waals surface area contributed by atoms with E-state index in [1.807, 2.05) is 6.92 Å². The van der Waals surface area contributed by atoms with Crippen molar-refractivity contribution in [2.45, 2.75) is 50.5 Å². The number of unbranched alkanes of at least 4 members (excludes halogenated alkanes) is 1. The summed E-state index contributed by atoms with van der Waals surface area (Å²) in [7, 11) is 0. The summed E-state index contributed by atoms with van der Waals surface area (Å²) in [6, 6.07) is 0. The fourth-order valence-corrected chi connectivity index (χ4v) is 1.55. The predicted octanol–water partition coefficient (Wildman–Crippen LogP) is -1.40. The van der Waals surface area contributed by atoms with E-state index in [9.17, 15) is 15.3 Å². The van der Waals surface area contributed by atoms with Gasteiger partial charge in [0.25, 0.3) is 0 Å². The molecule has 0 radical (unpaired) electrons. The molecule has 6 nitrogen and oxygen atoms in total. The fraction of sp³-hybridized carbons (Fsp3) is 1.00. The first-order chi connectivity index (χ1) is 7.61. The topological polar surface area (TPSA) is 99.4 Å². The first-order valence-corrected chi connectivity index (χ1v) is 5.54. The van der Waals surface area contributed by atoms with Crippen LogP contribution in [0.4, 0.5) is 0 Å². The van der Waals surface area contributed by atoms with Crippen molar-refractivity contribution in [3.8, 4) is 0 Å². The van der Waals surface area contributed by atoms with Gasteiger partial charge in [-0.3, -0.25) is 0 Å². The molecular weight excluding hydrogens is 216 g/mol. The van der Waals surface area contributed by atoms with Gasteiger partial charge < -0.3 is 29.9 Å². The van der Waals surface area contributed by atoms with E-state index < -0.39 is 37.3 Å². The lowest BCUT2D eigenvalue weighted by Crippen LogP contribution is -2.59. The molecule has 4 N–H and O–H groups in total. The van der Waals surface area contributed by atoms with E-state index in [-0.39, 0.29) is 0 Å². The summed E-state index contributed by atoms with van der Waals surface area (Å²) in [5.74, 6) is 0. The van der Waals surface area contributed by atoms with Crippen LogP contribution < -0.4 is 0 Å². The van der Waals surface area contributed by atoms with Crippen molar-refractivity contribution in [2.75, 3.05) is 13.2 Å². The predicted molar refractivity (Wildman–Crippen MR) is 54.6 cm³/mol. The van der Waals surface area contributed by atoms with Crippen molar-refractivity contribution < 1.29 is 29.9 Å². The Bertz CT molecular complexity index is 198. The second-order valence-electron chi connectivity index (χ2n) is 3.92. The standard InChI is InChI=1S/C10H20O6/c1-2-3-4-15-10-9(14)8(13)7(12)6(5-11)16-10/h6-14H,2-5H2,1H3/t6-,7-,8+,9-,10+/m0/s1. The van der Waals surface area contributed by atoms with Crippen molar-refractivity contribution >= 4 is 0 Å². The van der Waals surface area contributed by atoms with Crippen molar-refractivity contribution in [2.24, 2.45) is 0 Å². The van der Waals surface area contributed by atoms with Gasteiger partial charge in [0.2, 0.25) is 0 Å². The summed E-state index contributed by atoms with van der Waals surface area (Å²) in [6.07, 6.45) is -4.13. The zero-order valence-corrected chi connectivity index (χ0v) is 9.32. The van der Waals surface area contributed by atoms with Gasteiger partial charge >= 0.3 is 0 Å².